The van der Waals surface area contributed by atoms with E-state index in [2.05, 4.69) is 0 Å². The van der Waals surface area contributed by atoms with E-state index in [-0.39, 0.29) is 42.1 Å². The van der Waals surface area contributed by atoms with Gasteiger partial charge in [-0.25, -0.2) is 13.2 Å². The molecule has 0 bridgehead atoms. The zero-order valence-corrected chi connectivity index (χ0v) is 16.6. The largest absolute Gasteiger partial charge is 0.486 e. The molecule has 158 valence electrons. The molecule has 0 atom stereocenters. The van der Waals surface area contributed by atoms with E-state index in [0.29, 0.717) is 11.1 Å². The molecule has 0 unspecified atom stereocenters. The number of ether oxygens (including phenoxy) is 2. The van der Waals surface area contributed by atoms with E-state index in [1.165, 1.54) is 42.5 Å². The zero-order valence-electron chi connectivity index (χ0n) is 16.6. The van der Waals surface area contributed by atoms with E-state index >= 15 is 0 Å². The van der Waals surface area contributed by atoms with Gasteiger partial charge >= 0.3 is 5.97 Å². The highest BCUT2D eigenvalue weighted by Gasteiger charge is 2.13. The Labute approximate surface area is 177 Å². The Balaban J connectivity index is 1.78. The van der Waals surface area contributed by atoms with Gasteiger partial charge < -0.3 is 9.47 Å². The minimum atomic E-state index is -0.655. The second-order valence-corrected chi connectivity index (χ2v) is 6.64. The summed E-state index contributed by atoms with van der Waals surface area (Å²) in [5.74, 6) is -2.53. The van der Waals surface area contributed by atoms with Crippen LogP contribution in [0.2, 0.25) is 0 Å². The van der Waals surface area contributed by atoms with Gasteiger partial charge in [0, 0.05) is 5.56 Å². The molecular formula is C24H18F3NO3. The first-order valence-electron chi connectivity index (χ1n) is 9.46. The van der Waals surface area contributed by atoms with E-state index < -0.39 is 23.4 Å². The van der Waals surface area contributed by atoms with Crippen molar-refractivity contribution in [1.29, 1.82) is 5.26 Å². The predicted octanol–water partition coefficient (Wildman–Crippen LogP) is 5.33. The van der Waals surface area contributed by atoms with Gasteiger partial charge in [-0.3, -0.25) is 4.79 Å². The third kappa shape index (κ3) is 5.43. The fourth-order valence-electron chi connectivity index (χ4n) is 2.92. The van der Waals surface area contributed by atoms with Gasteiger partial charge in [0.1, 0.15) is 18.2 Å². The minimum Gasteiger partial charge on any atom is -0.486 e. The quantitative estimate of drug-likeness (QED) is 0.480. The van der Waals surface area contributed by atoms with E-state index in [1.54, 1.807) is 13.0 Å². The molecular weight excluding hydrogens is 407 g/mol. The standard InChI is InChI=1S/C24H18F3NO3/c1-2-30-24(29)12-18-6-5-16(10-22(18)27)17-7-8-20(25)23(11-17)31-14-19-4-3-15(13-28)9-21(19)26/h3-11H,2,12,14H2,1H3. The summed E-state index contributed by atoms with van der Waals surface area (Å²) in [6, 6.07) is 14.1. The molecule has 0 fully saturated rings. The fourth-order valence-corrected chi connectivity index (χ4v) is 2.92. The smallest absolute Gasteiger partial charge is 0.310 e. The van der Waals surface area contributed by atoms with Gasteiger partial charge in [-0.1, -0.05) is 24.3 Å². The molecule has 3 rings (SSSR count). The van der Waals surface area contributed by atoms with Gasteiger partial charge in [-0.05, 0) is 53.9 Å². The molecule has 0 heterocycles. The summed E-state index contributed by atoms with van der Waals surface area (Å²) < 4.78 is 52.8. The molecule has 0 spiro atoms. The number of esters is 1. The molecule has 3 aromatic carbocycles. The van der Waals surface area contributed by atoms with Gasteiger partial charge in [-0.15, -0.1) is 0 Å². The van der Waals surface area contributed by atoms with Crippen molar-refractivity contribution in [3.63, 3.8) is 0 Å². The number of hydrogen-bond acceptors (Lipinski definition) is 4. The van der Waals surface area contributed by atoms with Gasteiger partial charge in [0.15, 0.2) is 11.6 Å². The van der Waals surface area contributed by atoms with Gasteiger partial charge in [-0.2, -0.15) is 5.26 Å². The second kappa shape index (κ2) is 9.81. The average molecular weight is 425 g/mol. The Hall–Kier alpha value is -3.79. The van der Waals surface area contributed by atoms with Crippen LogP contribution in [0.5, 0.6) is 5.75 Å². The summed E-state index contributed by atoms with van der Waals surface area (Å²) in [7, 11) is 0. The highest BCUT2D eigenvalue weighted by atomic mass is 19.1. The Morgan fingerprint density at radius 3 is 2.26 bits per heavy atom. The summed E-state index contributed by atoms with van der Waals surface area (Å²) >= 11 is 0. The lowest BCUT2D eigenvalue weighted by atomic mass is 10.0. The zero-order chi connectivity index (χ0) is 22.4. The van der Waals surface area contributed by atoms with Crippen molar-refractivity contribution in [2.45, 2.75) is 20.0 Å². The summed E-state index contributed by atoms with van der Waals surface area (Å²) in [5.41, 5.74) is 1.47. The van der Waals surface area contributed by atoms with Crippen molar-refractivity contribution >= 4 is 5.97 Å². The maximum Gasteiger partial charge on any atom is 0.310 e. The van der Waals surface area contributed by atoms with Crippen LogP contribution in [0.4, 0.5) is 13.2 Å². The van der Waals surface area contributed by atoms with Gasteiger partial charge in [0.05, 0.1) is 24.7 Å². The minimum absolute atomic E-state index is 0.128. The van der Waals surface area contributed by atoms with Crippen LogP contribution in [0.3, 0.4) is 0 Å². The van der Waals surface area contributed by atoms with Crippen LogP contribution < -0.4 is 4.74 Å². The molecule has 0 aliphatic rings. The molecule has 0 radical (unpaired) electrons. The third-order valence-corrected chi connectivity index (χ3v) is 4.52. The molecule has 0 amide bonds. The second-order valence-electron chi connectivity index (χ2n) is 6.64. The molecule has 31 heavy (non-hydrogen) atoms. The number of nitriles is 1. The summed E-state index contributed by atoms with van der Waals surface area (Å²) in [5, 5.41) is 8.79. The van der Waals surface area contributed by atoms with Gasteiger partial charge in [0.2, 0.25) is 0 Å². The van der Waals surface area contributed by atoms with Crippen LogP contribution in [-0.4, -0.2) is 12.6 Å². The average Bonchev–Trinajstić information content (AvgIpc) is 2.75. The van der Waals surface area contributed by atoms with Crippen LogP contribution >= 0.6 is 0 Å². The monoisotopic (exact) mass is 425 g/mol. The molecule has 0 saturated carbocycles. The lowest BCUT2D eigenvalue weighted by molar-refractivity contribution is -0.142. The van der Waals surface area contributed by atoms with Crippen molar-refractivity contribution in [2.75, 3.05) is 6.61 Å². The number of hydrogen-bond donors (Lipinski definition) is 0. The number of halogens is 3. The van der Waals surface area contributed by atoms with Crippen LogP contribution in [0.15, 0.2) is 54.6 Å². The Kier molecular flexibility index (Phi) is 6.93. The molecule has 0 aliphatic carbocycles. The summed E-state index contributed by atoms with van der Waals surface area (Å²) in [6.45, 7) is 1.63. The molecule has 0 saturated heterocycles. The molecule has 3 aromatic rings. The van der Waals surface area contributed by atoms with Crippen molar-refractivity contribution in [1.82, 2.24) is 0 Å². The highest BCUT2D eigenvalue weighted by molar-refractivity contribution is 5.73. The van der Waals surface area contributed by atoms with E-state index in [0.717, 1.165) is 6.07 Å². The first-order valence-corrected chi connectivity index (χ1v) is 9.46. The number of benzene rings is 3. The van der Waals surface area contributed by atoms with Crippen molar-refractivity contribution in [3.05, 3.63) is 88.7 Å². The third-order valence-electron chi connectivity index (χ3n) is 4.52. The maximum absolute atomic E-state index is 14.4. The Morgan fingerprint density at radius 2 is 1.58 bits per heavy atom. The van der Waals surface area contributed by atoms with E-state index in [1.807, 2.05) is 6.07 Å². The molecule has 0 aliphatic heterocycles. The maximum atomic E-state index is 14.4. The summed E-state index contributed by atoms with van der Waals surface area (Å²) in [4.78, 5) is 11.6. The van der Waals surface area contributed by atoms with Crippen molar-refractivity contribution in [3.8, 4) is 22.9 Å². The topological polar surface area (TPSA) is 59.3 Å². The summed E-state index contributed by atoms with van der Waals surface area (Å²) in [6.07, 6.45) is -0.187. The van der Waals surface area contributed by atoms with Crippen LogP contribution in [0, 0.1) is 28.8 Å². The molecule has 0 aromatic heterocycles. The molecule has 0 N–H and O–H groups in total. The van der Waals surface area contributed by atoms with Crippen LogP contribution in [0.1, 0.15) is 23.6 Å². The number of carbonyl (C=O) groups is 1. The lowest BCUT2D eigenvalue weighted by Gasteiger charge is -2.11. The van der Waals surface area contributed by atoms with E-state index in [4.69, 9.17) is 14.7 Å². The molecule has 4 nitrogen and oxygen atoms in total. The molecule has 7 heteroatoms. The van der Waals surface area contributed by atoms with Crippen molar-refractivity contribution in [2.24, 2.45) is 0 Å². The number of rotatable bonds is 7. The number of carbonyl (C=O) groups excluding carboxylic acids is 1. The predicted molar refractivity (Wildman–Crippen MR) is 108 cm³/mol. The highest BCUT2D eigenvalue weighted by Crippen LogP contribution is 2.29. The lowest BCUT2D eigenvalue weighted by Crippen LogP contribution is -2.08. The normalized spacial score (nSPS) is 10.4. The van der Waals surface area contributed by atoms with Crippen molar-refractivity contribution < 1.29 is 27.4 Å². The fraction of sp³-hybridized carbons (Fsp3) is 0.167. The Bertz CT molecular complexity index is 1160. The van der Waals surface area contributed by atoms with E-state index in [9.17, 15) is 18.0 Å². The van der Waals surface area contributed by atoms with Crippen LogP contribution in [0.25, 0.3) is 11.1 Å². The first kappa shape index (κ1) is 21.9. The van der Waals surface area contributed by atoms with Crippen LogP contribution in [-0.2, 0) is 22.6 Å². The SMILES string of the molecule is CCOC(=O)Cc1ccc(-c2ccc(F)c(OCc3ccc(C#N)cc3F)c2)cc1F. The number of nitrogens with zero attached hydrogens (tertiary/aromatic N) is 1. The Morgan fingerprint density at radius 1 is 0.903 bits per heavy atom. The van der Waals surface area contributed by atoms with Gasteiger partial charge in [0.25, 0.3) is 0 Å². The first-order chi connectivity index (χ1) is 14.9.